The van der Waals surface area contributed by atoms with Gasteiger partial charge in [-0.15, -0.1) is 0 Å². The largest absolute Gasteiger partial charge is 0.487 e. The Hall–Kier alpha value is -1.74. The van der Waals surface area contributed by atoms with Crippen molar-refractivity contribution in [2.24, 2.45) is 0 Å². The van der Waals surface area contributed by atoms with E-state index in [2.05, 4.69) is 37.2 Å². The zero-order valence-corrected chi connectivity index (χ0v) is 18.7. The lowest BCUT2D eigenvalue weighted by Gasteiger charge is -2.15. The smallest absolute Gasteiger partial charge is 0.416 e. The molecule has 0 saturated heterocycles. The molecule has 2 N–H and O–H groups in total. The average Bonchev–Trinajstić information content (AvgIpc) is 2.63. The molecule has 0 aliphatic heterocycles. The van der Waals surface area contributed by atoms with Gasteiger partial charge < -0.3 is 15.2 Å². The van der Waals surface area contributed by atoms with Gasteiger partial charge >= 0.3 is 12.1 Å². The number of hydrogen-bond acceptors (Lipinski definition) is 3. The van der Waals surface area contributed by atoms with Crippen LogP contribution in [0.2, 0.25) is 0 Å². The quantitative estimate of drug-likeness (QED) is 0.375. The summed E-state index contributed by atoms with van der Waals surface area (Å²) >= 11 is 6.76. The molecule has 0 aromatic heterocycles. The van der Waals surface area contributed by atoms with Crippen molar-refractivity contribution in [2.75, 3.05) is 11.9 Å². The molecule has 0 aliphatic rings. The molecule has 0 heterocycles. The van der Waals surface area contributed by atoms with Crippen LogP contribution in [0.3, 0.4) is 0 Å². The Labute approximate surface area is 183 Å². The van der Waals surface area contributed by atoms with Gasteiger partial charge in [0.1, 0.15) is 12.4 Å². The van der Waals surface area contributed by atoms with E-state index in [1.54, 1.807) is 18.2 Å². The fraction of sp³-hybridized carbons (Fsp3) is 0.350. The van der Waals surface area contributed by atoms with Gasteiger partial charge in [-0.2, -0.15) is 13.2 Å². The molecule has 0 unspecified atom stereocenters. The maximum absolute atomic E-state index is 13.2. The number of halogens is 5. The first-order valence-electron chi connectivity index (χ1n) is 8.87. The van der Waals surface area contributed by atoms with Gasteiger partial charge in [0.15, 0.2) is 0 Å². The van der Waals surface area contributed by atoms with E-state index in [1.807, 2.05) is 6.92 Å². The lowest BCUT2D eigenvalue weighted by atomic mass is 10.1. The molecule has 0 fully saturated rings. The third kappa shape index (κ3) is 7.22. The molecule has 158 valence electrons. The number of alkyl halides is 3. The van der Waals surface area contributed by atoms with Crippen molar-refractivity contribution in [3.05, 3.63) is 56.0 Å². The maximum Gasteiger partial charge on any atom is 0.416 e. The first-order valence-corrected chi connectivity index (χ1v) is 10.5. The zero-order valence-electron chi connectivity index (χ0n) is 15.6. The van der Waals surface area contributed by atoms with Crippen LogP contribution in [0.25, 0.3) is 0 Å². The van der Waals surface area contributed by atoms with Gasteiger partial charge in [0, 0.05) is 18.7 Å². The summed E-state index contributed by atoms with van der Waals surface area (Å²) in [4.78, 5) is 10.7. The number of anilines is 1. The lowest BCUT2D eigenvalue weighted by molar-refractivity contribution is -0.138. The first-order chi connectivity index (χ1) is 13.6. The fourth-order valence-electron chi connectivity index (χ4n) is 2.61. The van der Waals surface area contributed by atoms with Crippen LogP contribution in [-0.2, 0) is 24.0 Å². The molecule has 0 saturated carbocycles. The highest BCUT2D eigenvalue weighted by Crippen LogP contribution is 2.37. The van der Waals surface area contributed by atoms with Crippen LogP contribution >= 0.6 is 31.9 Å². The Morgan fingerprint density at radius 1 is 1.10 bits per heavy atom. The molecule has 0 aliphatic carbocycles. The number of carboxylic acids is 1. The Bertz CT molecular complexity index is 850. The highest BCUT2D eigenvalue weighted by atomic mass is 79.9. The summed E-state index contributed by atoms with van der Waals surface area (Å²) in [6, 6.07) is 7.27. The summed E-state index contributed by atoms with van der Waals surface area (Å²) in [7, 11) is 0. The Morgan fingerprint density at radius 2 is 1.76 bits per heavy atom. The van der Waals surface area contributed by atoms with Crippen molar-refractivity contribution in [1.82, 2.24) is 0 Å². The normalized spacial score (nSPS) is 11.4. The van der Waals surface area contributed by atoms with Crippen LogP contribution in [0.4, 0.5) is 18.9 Å². The summed E-state index contributed by atoms with van der Waals surface area (Å²) in [5, 5.41) is 11.8. The Balaban J connectivity index is 2.21. The number of carboxylic acid groups (broad SMARTS) is 1. The van der Waals surface area contributed by atoms with E-state index in [4.69, 9.17) is 9.84 Å². The second-order valence-corrected chi connectivity index (χ2v) is 8.12. The minimum absolute atomic E-state index is 0.00312. The second kappa shape index (κ2) is 10.3. The topological polar surface area (TPSA) is 58.6 Å². The van der Waals surface area contributed by atoms with E-state index >= 15 is 0 Å². The third-order valence-corrected chi connectivity index (χ3v) is 5.15. The molecule has 0 bridgehead atoms. The standard InChI is InChI=1S/C20H20Br2F3NO3/c1-2-5-26-15-7-13(6-14(10-15)20(23,24)25)11-29-19-16(21)8-12(9-17(19)22)3-4-18(27)28/h6-10,26H,2-5,11H2,1H3,(H,27,28). The number of aliphatic carboxylic acids is 1. The van der Waals surface area contributed by atoms with Crippen LogP contribution in [0.5, 0.6) is 5.75 Å². The van der Waals surface area contributed by atoms with Gasteiger partial charge in [0.2, 0.25) is 0 Å². The summed E-state index contributed by atoms with van der Waals surface area (Å²) < 4.78 is 46.6. The number of ether oxygens (including phenoxy) is 1. The first kappa shape index (κ1) is 23.5. The molecule has 9 heteroatoms. The summed E-state index contributed by atoms with van der Waals surface area (Å²) in [6.07, 6.45) is -3.31. The van der Waals surface area contributed by atoms with E-state index < -0.39 is 17.7 Å². The highest BCUT2D eigenvalue weighted by molar-refractivity contribution is 9.11. The van der Waals surface area contributed by atoms with Crippen LogP contribution in [-0.4, -0.2) is 17.6 Å². The van der Waals surface area contributed by atoms with Crippen molar-refractivity contribution in [3.8, 4) is 5.75 Å². The van der Waals surface area contributed by atoms with Crippen LogP contribution in [0.15, 0.2) is 39.3 Å². The molecule has 0 atom stereocenters. The number of nitrogens with one attached hydrogen (secondary N) is 1. The van der Waals surface area contributed by atoms with Crippen molar-refractivity contribution < 1.29 is 27.8 Å². The number of hydrogen-bond donors (Lipinski definition) is 2. The van der Waals surface area contributed by atoms with Crippen molar-refractivity contribution in [2.45, 2.75) is 39.0 Å². The Morgan fingerprint density at radius 3 is 2.31 bits per heavy atom. The number of carbonyl (C=O) groups is 1. The summed E-state index contributed by atoms with van der Waals surface area (Å²) in [5.41, 5.74) is 0.831. The molecule has 0 spiro atoms. The molecule has 2 aromatic carbocycles. The fourth-order valence-corrected chi connectivity index (χ4v) is 4.12. The van der Waals surface area contributed by atoms with Gasteiger partial charge in [-0.05, 0) is 86.2 Å². The van der Waals surface area contributed by atoms with Gasteiger partial charge in [-0.25, -0.2) is 0 Å². The highest BCUT2D eigenvalue weighted by Gasteiger charge is 2.31. The van der Waals surface area contributed by atoms with Crippen LogP contribution < -0.4 is 10.1 Å². The van der Waals surface area contributed by atoms with E-state index in [0.29, 0.717) is 38.9 Å². The lowest BCUT2D eigenvalue weighted by Crippen LogP contribution is -2.09. The third-order valence-electron chi connectivity index (χ3n) is 3.97. The van der Waals surface area contributed by atoms with Crippen molar-refractivity contribution in [3.63, 3.8) is 0 Å². The van der Waals surface area contributed by atoms with Gasteiger partial charge in [-0.1, -0.05) is 6.92 Å². The maximum atomic E-state index is 13.2. The zero-order chi connectivity index (χ0) is 21.6. The summed E-state index contributed by atoms with van der Waals surface area (Å²) in [6.45, 7) is 2.44. The summed E-state index contributed by atoms with van der Waals surface area (Å²) in [5.74, 6) is -0.459. The molecular formula is C20H20Br2F3NO3. The van der Waals surface area contributed by atoms with Crippen LogP contribution in [0, 0.1) is 0 Å². The van der Waals surface area contributed by atoms with E-state index in [1.165, 1.54) is 0 Å². The van der Waals surface area contributed by atoms with Gasteiger partial charge in [0.05, 0.1) is 14.5 Å². The molecule has 2 aromatic rings. The van der Waals surface area contributed by atoms with E-state index in [-0.39, 0.29) is 13.0 Å². The number of benzene rings is 2. The predicted octanol–water partition coefficient (Wildman–Crippen LogP) is 6.65. The molecule has 2 rings (SSSR count). The minimum atomic E-state index is -4.45. The molecule has 4 nitrogen and oxygen atoms in total. The molecule has 0 radical (unpaired) electrons. The second-order valence-electron chi connectivity index (χ2n) is 6.41. The monoisotopic (exact) mass is 537 g/mol. The predicted molar refractivity (Wildman–Crippen MR) is 112 cm³/mol. The number of rotatable bonds is 9. The van der Waals surface area contributed by atoms with Crippen molar-refractivity contribution >= 4 is 43.5 Å². The number of aryl methyl sites for hydroxylation is 1. The van der Waals surface area contributed by atoms with Crippen LogP contribution in [0.1, 0.15) is 36.5 Å². The Kier molecular flexibility index (Phi) is 8.39. The van der Waals surface area contributed by atoms with Crippen molar-refractivity contribution in [1.29, 1.82) is 0 Å². The minimum Gasteiger partial charge on any atom is -0.487 e. The van der Waals surface area contributed by atoms with Gasteiger partial charge in [-0.3, -0.25) is 4.79 Å². The van der Waals surface area contributed by atoms with E-state index in [0.717, 1.165) is 24.1 Å². The molecule has 29 heavy (non-hydrogen) atoms. The van der Waals surface area contributed by atoms with Gasteiger partial charge in [0.25, 0.3) is 0 Å². The molecule has 0 amide bonds. The van der Waals surface area contributed by atoms with E-state index in [9.17, 15) is 18.0 Å². The SMILES string of the molecule is CCCNc1cc(COc2c(Br)cc(CCC(=O)O)cc2Br)cc(C(F)(F)F)c1. The average molecular weight is 539 g/mol. The molecular weight excluding hydrogens is 519 g/mol.